The lowest BCUT2D eigenvalue weighted by Gasteiger charge is -2.17. The summed E-state index contributed by atoms with van der Waals surface area (Å²) in [5.41, 5.74) is 2.53. The van der Waals surface area contributed by atoms with Crippen molar-refractivity contribution in [3.05, 3.63) is 0 Å². The standard InChI is InChI=1S/C16H32N2/c1-8-13(4)17-15(6)10-12(3)11-16(7)18-14(5)9-2/h12,15-16H,8-11H2,1-7H3. The maximum Gasteiger partial charge on any atom is 0.0473 e. The van der Waals surface area contributed by atoms with E-state index >= 15 is 0 Å². The van der Waals surface area contributed by atoms with E-state index in [0.29, 0.717) is 18.0 Å². The van der Waals surface area contributed by atoms with E-state index in [9.17, 15) is 0 Å². The lowest BCUT2D eigenvalue weighted by molar-refractivity contribution is 0.423. The van der Waals surface area contributed by atoms with Crippen LogP contribution in [-0.2, 0) is 0 Å². The Morgan fingerprint density at radius 2 is 1.11 bits per heavy atom. The van der Waals surface area contributed by atoms with Gasteiger partial charge in [0.1, 0.15) is 0 Å². The number of rotatable bonds is 8. The van der Waals surface area contributed by atoms with Crippen LogP contribution < -0.4 is 0 Å². The Kier molecular flexibility index (Phi) is 8.95. The summed E-state index contributed by atoms with van der Waals surface area (Å²) in [5.74, 6) is 0.691. The van der Waals surface area contributed by atoms with Crippen LogP contribution in [0.25, 0.3) is 0 Å². The molecule has 2 heteroatoms. The van der Waals surface area contributed by atoms with E-state index in [0.717, 1.165) is 12.8 Å². The molecule has 0 saturated heterocycles. The Bertz CT molecular complexity index is 251. The van der Waals surface area contributed by atoms with Crippen molar-refractivity contribution in [3.8, 4) is 0 Å². The predicted octanol–water partition coefficient (Wildman–Crippen LogP) is 4.92. The highest BCUT2D eigenvalue weighted by Gasteiger charge is 2.11. The highest BCUT2D eigenvalue weighted by Crippen LogP contribution is 2.17. The average Bonchev–Trinajstić information content (AvgIpc) is 2.27. The van der Waals surface area contributed by atoms with Gasteiger partial charge in [-0.05, 0) is 59.3 Å². The molecule has 0 amide bonds. The quantitative estimate of drug-likeness (QED) is 0.548. The van der Waals surface area contributed by atoms with Crippen molar-refractivity contribution in [1.29, 1.82) is 0 Å². The maximum absolute atomic E-state index is 4.70. The van der Waals surface area contributed by atoms with Crippen LogP contribution in [0.5, 0.6) is 0 Å². The molecule has 18 heavy (non-hydrogen) atoms. The third-order valence-corrected chi connectivity index (χ3v) is 3.39. The second-order valence-corrected chi connectivity index (χ2v) is 5.71. The molecule has 0 aliphatic carbocycles. The van der Waals surface area contributed by atoms with Gasteiger partial charge >= 0.3 is 0 Å². The highest BCUT2D eigenvalue weighted by molar-refractivity contribution is 5.82. The molecule has 0 fully saturated rings. The van der Waals surface area contributed by atoms with Gasteiger partial charge in [0.25, 0.3) is 0 Å². The van der Waals surface area contributed by atoms with Crippen LogP contribution in [0.4, 0.5) is 0 Å². The van der Waals surface area contributed by atoms with Crippen molar-refractivity contribution in [2.45, 2.75) is 86.2 Å². The summed E-state index contributed by atoms with van der Waals surface area (Å²) in [7, 11) is 0. The van der Waals surface area contributed by atoms with Crippen molar-refractivity contribution < 1.29 is 0 Å². The van der Waals surface area contributed by atoms with E-state index in [2.05, 4.69) is 48.5 Å². The highest BCUT2D eigenvalue weighted by atomic mass is 14.8. The zero-order valence-corrected chi connectivity index (χ0v) is 13.5. The number of hydrogen-bond donors (Lipinski definition) is 0. The summed E-state index contributed by atoms with van der Waals surface area (Å²) in [6, 6.07) is 0.895. The molecule has 0 radical (unpaired) electrons. The van der Waals surface area contributed by atoms with Crippen LogP contribution in [0, 0.1) is 5.92 Å². The zero-order valence-electron chi connectivity index (χ0n) is 13.5. The minimum atomic E-state index is 0.448. The zero-order chi connectivity index (χ0) is 14.1. The first-order valence-electron chi connectivity index (χ1n) is 7.45. The van der Waals surface area contributed by atoms with Gasteiger partial charge in [0, 0.05) is 23.5 Å². The fourth-order valence-electron chi connectivity index (χ4n) is 2.30. The summed E-state index contributed by atoms with van der Waals surface area (Å²) in [4.78, 5) is 9.40. The predicted molar refractivity (Wildman–Crippen MR) is 84.1 cm³/mol. The fourth-order valence-corrected chi connectivity index (χ4v) is 2.30. The molecule has 2 unspecified atom stereocenters. The van der Waals surface area contributed by atoms with Crippen LogP contribution >= 0.6 is 0 Å². The third kappa shape index (κ3) is 8.43. The molecular formula is C16H32N2. The van der Waals surface area contributed by atoms with Crippen LogP contribution in [-0.4, -0.2) is 23.5 Å². The molecular weight excluding hydrogens is 220 g/mol. The maximum atomic E-state index is 4.70. The van der Waals surface area contributed by atoms with Gasteiger partial charge < -0.3 is 0 Å². The first-order valence-corrected chi connectivity index (χ1v) is 7.45. The van der Waals surface area contributed by atoms with E-state index in [4.69, 9.17) is 9.98 Å². The number of hydrogen-bond acceptors (Lipinski definition) is 2. The van der Waals surface area contributed by atoms with E-state index in [1.54, 1.807) is 0 Å². The molecule has 2 atom stereocenters. The van der Waals surface area contributed by atoms with Crippen molar-refractivity contribution in [2.24, 2.45) is 15.9 Å². The molecule has 0 heterocycles. The minimum Gasteiger partial charge on any atom is -0.291 e. The van der Waals surface area contributed by atoms with Gasteiger partial charge in [-0.1, -0.05) is 20.8 Å². The minimum absolute atomic E-state index is 0.448. The first kappa shape index (κ1) is 17.3. The van der Waals surface area contributed by atoms with Gasteiger partial charge in [-0.15, -0.1) is 0 Å². The van der Waals surface area contributed by atoms with E-state index in [1.165, 1.54) is 24.3 Å². The molecule has 0 saturated carbocycles. The largest absolute Gasteiger partial charge is 0.291 e. The summed E-state index contributed by atoms with van der Waals surface area (Å²) in [6.45, 7) is 15.3. The van der Waals surface area contributed by atoms with Crippen LogP contribution in [0.2, 0.25) is 0 Å². The normalized spacial score (nSPS) is 18.6. The van der Waals surface area contributed by atoms with Gasteiger partial charge in [-0.25, -0.2) is 0 Å². The number of nitrogens with zero attached hydrogens (tertiary/aromatic N) is 2. The van der Waals surface area contributed by atoms with E-state index in [1.807, 2.05) is 0 Å². The smallest absolute Gasteiger partial charge is 0.0473 e. The molecule has 0 rings (SSSR count). The molecule has 106 valence electrons. The molecule has 0 aromatic rings. The Hall–Kier alpha value is -0.660. The van der Waals surface area contributed by atoms with Crippen LogP contribution in [0.1, 0.15) is 74.1 Å². The summed E-state index contributed by atoms with van der Waals surface area (Å²) in [6.07, 6.45) is 4.47. The SMILES string of the molecule is CCC(C)=NC(C)CC(C)CC(C)N=C(C)CC. The van der Waals surface area contributed by atoms with E-state index < -0.39 is 0 Å². The molecule has 0 bridgehead atoms. The van der Waals surface area contributed by atoms with Crippen molar-refractivity contribution >= 4 is 11.4 Å². The van der Waals surface area contributed by atoms with Gasteiger partial charge in [0.05, 0.1) is 0 Å². The second-order valence-electron chi connectivity index (χ2n) is 5.71. The molecule has 0 aromatic heterocycles. The molecule has 0 aliphatic rings. The first-order chi connectivity index (χ1) is 8.38. The lowest BCUT2D eigenvalue weighted by Crippen LogP contribution is -2.13. The second kappa shape index (κ2) is 9.29. The Morgan fingerprint density at radius 1 is 0.778 bits per heavy atom. The average molecular weight is 252 g/mol. The topological polar surface area (TPSA) is 24.7 Å². The molecule has 0 aliphatic heterocycles. The van der Waals surface area contributed by atoms with Gasteiger partial charge in [-0.2, -0.15) is 0 Å². The fraction of sp³-hybridized carbons (Fsp3) is 0.875. The Labute approximate surface area is 114 Å². The summed E-state index contributed by atoms with van der Waals surface area (Å²) >= 11 is 0. The lowest BCUT2D eigenvalue weighted by atomic mass is 9.96. The van der Waals surface area contributed by atoms with Gasteiger partial charge in [0.15, 0.2) is 0 Å². The third-order valence-electron chi connectivity index (χ3n) is 3.39. The van der Waals surface area contributed by atoms with Crippen molar-refractivity contribution in [3.63, 3.8) is 0 Å². The van der Waals surface area contributed by atoms with Gasteiger partial charge in [0.2, 0.25) is 0 Å². The van der Waals surface area contributed by atoms with Crippen molar-refractivity contribution in [2.75, 3.05) is 0 Å². The monoisotopic (exact) mass is 252 g/mol. The molecule has 0 N–H and O–H groups in total. The van der Waals surface area contributed by atoms with E-state index in [-0.39, 0.29) is 0 Å². The van der Waals surface area contributed by atoms with Crippen LogP contribution in [0.3, 0.4) is 0 Å². The molecule has 0 spiro atoms. The Balaban J connectivity index is 4.15. The summed E-state index contributed by atoms with van der Waals surface area (Å²) < 4.78 is 0. The van der Waals surface area contributed by atoms with Gasteiger partial charge in [-0.3, -0.25) is 9.98 Å². The Morgan fingerprint density at radius 3 is 1.39 bits per heavy atom. The molecule has 0 aromatic carbocycles. The van der Waals surface area contributed by atoms with Crippen molar-refractivity contribution in [1.82, 2.24) is 0 Å². The molecule has 2 nitrogen and oxygen atoms in total. The number of aliphatic imine (C=N–C) groups is 2. The van der Waals surface area contributed by atoms with Crippen LogP contribution in [0.15, 0.2) is 9.98 Å². The summed E-state index contributed by atoms with van der Waals surface area (Å²) in [5, 5.41) is 0.